The molecule has 1 aliphatic rings. The highest BCUT2D eigenvalue weighted by atomic mass is 16.5. The Hall–Kier alpha value is -1.59. The van der Waals surface area contributed by atoms with Crippen molar-refractivity contribution in [2.75, 3.05) is 26.3 Å². The molecule has 0 radical (unpaired) electrons. The fraction of sp³-hybridized carbons (Fsp3) is 0.611. The Morgan fingerprint density at radius 1 is 1.48 bits per heavy atom. The number of carbonyl (C=O) groups is 1. The molecule has 1 aliphatic heterocycles. The van der Waals surface area contributed by atoms with Gasteiger partial charge in [-0.15, -0.1) is 0 Å². The number of nitrogens with zero attached hydrogens (tertiary/aromatic N) is 1. The molecule has 23 heavy (non-hydrogen) atoms. The number of amides is 2. The summed E-state index contributed by atoms with van der Waals surface area (Å²) in [6, 6.07) is 8.24. The first-order valence-corrected chi connectivity index (χ1v) is 8.34. The van der Waals surface area contributed by atoms with Crippen molar-refractivity contribution in [2.24, 2.45) is 0 Å². The van der Waals surface area contributed by atoms with E-state index in [1.165, 1.54) is 11.1 Å². The van der Waals surface area contributed by atoms with Crippen LogP contribution in [0.2, 0.25) is 0 Å². The van der Waals surface area contributed by atoms with Crippen molar-refractivity contribution in [1.82, 2.24) is 10.2 Å². The average Bonchev–Trinajstić information content (AvgIpc) is 2.52. The van der Waals surface area contributed by atoms with E-state index in [9.17, 15) is 9.90 Å². The molecular weight excluding hydrogens is 292 g/mol. The van der Waals surface area contributed by atoms with E-state index in [4.69, 9.17) is 4.74 Å². The smallest absolute Gasteiger partial charge is 0.317 e. The first-order chi connectivity index (χ1) is 11.0. The summed E-state index contributed by atoms with van der Waals surface area (Å²) in [5, 5.41) is 12.6. The number of rotatable bonds is 5. The lowest BCUT2D eigenvalue weighted by molar-refractivity contribution is -0.00432. The molecule has 1 saturated heterocycles. The predicted molar refractivity (Wildman–Crippen MR) is 90.6 cm³/mol. The van der Waals surface area contributed by atoms with Crippen LogP contribution in [0.3, 0.4) is 0 Å². The molecule has 1 fully saturated rings. The Morgan fingerprint density at radius 3 is 2.96 bits per heavy atom. The molecule has 2 amide bonds. The van der Waals surface area contributed by atoms with Crippen LogP contribution in [-0.2, 0) is 4.74 Å². The molecule has 3 atom stereocenters. The van der Waals surface area contributed by atoms with Gasteiger partial charge in [-0.1, -0.05) is 36.8 Å². The summed E-state index contributed by atoms with van der Waals surface area (Å²) < 4.78 is 5.44. The molecule has 1 aromatic carbocycles. The van der Waals surface area contributed by atoms with Crippen molar-refractivity contribution >= 4 is 6.03 Å². The second-order valence-corrected chi connectivity index (χ2v) is 6.51. The summed E-state index contributed by atoms with van der Waals surface area (Å²) in [5.74, 6) is 0.259. The molecule has 2 N–H and O–H groups in total. The minimum absolute atomic E-state index is 0.0574. The summed E-state index contributed by atoms with van der Waals surface area (Å²) in [7, 11) is 0. The number of hydrogen-bond acceptors (Lipinski definition) is 3. The van der Waals surface area contributed by atoms with Crippen molar-refractivity contribution in [3.8, 4) is 0 Å². The molecule has 128 valence electrons. The maximum absolute atomic E-state index is 12.5. The standard InChI is InChI=1S/C18H28N2O3/c1-13-5-4-6-16(9-13)14(2)11-19-18(22)20-7-8-23-12-17(20)10-15(3)21/h4-6,9,14-15,17,21H,7-8,10-12H2,1-3H3,(H,19,22). The van der Waals surface area contributed by atoms with E-state index < -0.39 is 6.10 Å². The van der Waals surface area contributed by atoms with Crippen molar-refractivity contribution in [3.05, 3.63) is 35.4 Å². The number of aliphatic hydroxyl groups is 1. The van der Waals surface area contributed by atoms with Crippen molar-refractivity contribution in [2.45, 2.75) is 45.3 Å². The summed E-state index contributed by atoms with van der Waals surface area (Å²) >= 11 is 0. The largest absolute Gasteiger partial charge is 0.393 e. The van der Waals surface area contributed by atoms with E-state index >= 15 is 0 Å². The lowest BCUT2D eigenvalue weighted by Gasteiger charge is -2.36. The van der Waals surface area contributed by atoms with Crippen LogP contribution in [0.15, 0.2) is 24.3 Å². The van der Waals surface area contributed by atoms with Crippen molar-refractivity contribution in [3.63, 3.8) is 0 Å². The van der Waals surface area contributed by atoms with E-state index in [-0.39, 0.29) is 18.0 Å². The molecule has 0 bridgehead atoms. The fourth-order valence-electron chi connectivity index (χ4n) is 2.95. The molecule has 0 spiro atoms. The van der Waals surface area contributed by atoms with Gasteiger partial charge in [-0.25, -0.2) is 4.79 Å². The Labute approximate surface area is 138 Å². The van der Waals surface area contributed by atoms with Crippen LogP contribution in [0.25, 0.3) is 0 Å². The van der Waals surface area contributed by atoms with Gasteiger partial charge in [-0.2, -0.15) is 0 Å². The van der Waals surface area contributed by atoms with Crippen LogP contribution in [0, 0.1) is 6.92 Å². The Balaban J connectivity index is 1.89. The number of ether oxygens (including phenoxy) is 1. The number of aryl methyl sites for hydroxylation is 1. The van der Waals surface area contributed by atoms with Crippen LogP contribution in [0.5, 0.6) is 0 Å². The maximum Gasteiger partial charge on any atom is 0.317 e. The van der Waals surface area contributed by atoms with Gasteiger partial charge in [0.2, 0.25) is 0 Å². The molecule has 0 aliphatic carbocycles. The van der Waals surface area contributed by atoms with Crippen LogP contribution in [-0.4, -0.2) is 54.5 Å². The SMILES string of the molecule is Cc1cccc(C(C)CNC(=O)N2CCOCC2CC(C)O)c1. The summed E-state index contributed by atoms with van der Waals surface area (Å²) in [6.45, 7) is 8.14. The van der Waals surface area contributed by atoms with E-state index in [2.05, 4.69) is 37.4 Å². The van der Waals surface area contributed by atoms with Gasteiger partial charge in [-0.05, 0) is 31.7 Å². The highest BCUT2D eigenvalue weighted by Gasteiger charge is 2.28. The number of urea groups is 1. The molecule has 5 heteroatoms. The highest BCUT2D eigenvalue weighted by molar-refractivity contribution is 5.74. The van der Waals surface area contributed by atoms with Gasteiger partial charge in [0.05, 0.1) is 25.4 Å². The second kappa shape index (κ2) is 8.31. The topological polar surface area (TPSA) is 61.8 Å². The zero-order chi connectivity index (χ0) is 16.8. The van der Waals surface area contributed by atoms with Crippen LogP contribution in [0.1, 0.15) is 37.3 Å². The number of carbonyl (C=O) groups excluding carboxylic acids is 1. The normalized spacial score (nSPS) is 20.9. The van der Waals surface area contributed by atoms with E-state index in [1.807, 2.05) is 6.07 Å². The molecule has 5 nitrogen and oxygen atoms in total. The molecular formula is C18H28N2O3. The summed E-state index contributed by atoms with van der Waals surface area (Å²) in [4.78, 5) is 14.3. The maximum atomic E-state index is 12.5. The molecule has 1 aromatic rings. The predicted octanol–water partition coefficient (Wildman–Crippen LogP) is 2.28. The number of nitrogens with one attached hydrogen (secondary N) is 1. The van der Waals surface area contributed by atoms with Gasteiger partial charge >= 0.3 is 6.03 Å². The average molecular weight is 320 g/mol. The molecule has 0 aromatic heterocycles. The van der Waals surface area contributed by atoms with Gasteiger partial charge in [0.15, 0.2) is 0 Å². The minimum atomic E-state index is -0.441. The highest BCUT2D eigenvalue weighted by Crippen LogP contribution is 2.17. The van der Waals surface area contributed by atoms with E-state index in [1.54, 1.807) is 11.8 Å². The third-order valence-electron chi connectivity index (χ3n) is 4.27. The molecule has 1 heterocycles. The van der Waals surface area contributed by atoms with E-state index in [0.29, 0.717) is 32.7 Å². The lowest BCUT2D eigenvalue weighted by atomic mass is 9.99. The second-order valence-electron chi connectivity index (χ2n) is 6.51. The minimum Gasteiger partial charge on any atom is -0.393 e. The molecule has 0 saturated carbocycles. The number of aliphatic hydroxyl groups excluding tert-OH is 1. The van der Waals surface area contributed by atoms with Crippen molar-refractivity contribution < 1.29 is 14.6 Å². The number of morpholine rings is 1. The quantitative estimate of drug-likeness (QED) is 0.875. The summed E-state index contributed by atoms with van der Waals surface area (Å²) in [5.41, 5.74) is 2.46. The summed E-state index contributed by atoms with van der Waals surface area (Å²) in [6.07, 6.45) is 0.101. The fourth-order valence-corrected chi connectivity index (χ4v) is 2.95. The first kappa shape index (κ1) is 17.8. The molecule has 2 rings (SSSR count). The first-order valence-electron chi connectivity index (χ1n) is 8.34. The number of benzene rings is 1. The Morgan fingerprint density at radius 2 is 2.26 bits per heavy atom. The van der Waals surface area contributed by atoms with Gasteiger partial charge in [0.1, 0.15) is 0 Å². The van der Waals surface area contributed by atoms with Crippen molar-refractivity contribution in [1.29, 1.82) is 0 Å². The zero-order valence-corrected chi connectivity index (χ0v) is 14.3. The van der Waals surface area contributed by atoms with Gasteiger partial charge in [0.25, 0.3) is 0 Å². The van der Waals surface area contributed by atoms with Crippen LogP contribution in [0.4, 0.5) is 4.79 Å². The Bertz CT molecular complexity index is 519. The zero-order valence-electron chi connectivity index (χ0n) is 14.3. The lowest BCUT2D eigenvalue weighted by Crippen LogP contribution is -2.53. The van der Waals surface area contributed by atoms with Gasteiger partial charge < -0.3 is 20.1 Å². The van der Waals surface area contributed by atoms with E-state index in [0.717, 1.165) is 0 Å². The van der Waals surface area contributed by atoms with Crippen LogP contribution >= 0.6 is 0 Å². The third-order valence-corrected chi connectivity index (χ3v) is 4.27. The molecule has 3 unspecified atom stereocenters. The number of hydrogen-bond donors (Lipinski definition) is 2. The monoisotopic (exact) mass is 320 g/mol. The Kier molecular flexibility index (Phi) is 6.42. The van der Waals surface area contributed by atoms with Crippen LogP contribution < -0.4 is 5.32 Å². The van der Waals surface area contributed by atoms with Gasteiger partial charge in [-0.3, -0.25) is 0 Å². The van der Waals surface area contributed by atoms with Gasteiger partial charge in [0, 0.05) is 13.1 Å². The third kappa shape index (κ3) is 5.22.